The van der Waals surface area contributed by atoms with Crippen LogP contribution in [0.2, 0.25) is 12.6 Å². The van der Waals surface area contributed by atoms with Crippen LogP contribution < -0.4 is 0 Å². The summed E-state index contributed by atoms with van der Waals surface area (Å²) in [6.07, 6.45) is 5.64. The first-order valence-corrected chi connectivity index (χ1v) is 8.36. The summed E-state index contributed by atoms with van der Waals surface area (Å²) in [5, 5.41) is 0. The van der Waals surface area contributed by atoms with Gasteiger partial charge in [-0.05, 0) is 36.9 Å². The fraction of sp³-hybridized carbons (Fsp3) is 0.385. The topological polar surface area (TPSA) is 12.5 Å². The number of rotatable bonds is 3. The Kier molecular flexibility index (Phi) is 3.46. The van der Waals surface area contributed by atoms with Crippen molar-refractivity contribution in [3.63, 3.8) is 0 Å². The Morgan fingerprint density at radius 1 is 1.31 bits per heavy atom. The molecular weight excluding hydrogens is 214 g/mol. The maximum atomic E-state index is 5.71. The number of benzene rings is 1. The van der Waals surface area contributed by atoms with Crippen LogP contribution in [0, 0.1) is 0 Å². The zero-order valence-corrected chi connectivity index (χ0v) is 11.0. The lowest BCUT2D eigenvalue weighted by atomic mass is 10.2. The highest BCUT2D eigenvalue weighted by atomic mass is 28.4. The molecule has 1 aromatic rings. The van der Waals surface area contributed by atoms with Crippen LogP contribution in [0.1, 0.15) is 12.0 Å². The molecule has 0 amide bonds. The standard InChI is InChI=1S/C13H19NOSi/c1-15-16(2)12-6-10-14(16)11-9-13-7-4-3-5-8-13/h3-5,7-9,11H,6,10,12H2,1-2H3. The summed E-state index contributed by atoms with van der Waals surface area (Å²) < 4.78 is 8.13. The van der Waals surface area contributed by atoms with Crippen molar-refractivity contribution in [3.05, 3.63) is 42.1 Å². The van der Waals surface area contributed by atoms with Gasteiger partial charge in [-0.15, -0.1) is 0 Å². The Hall–Kier alpha value is -1.06. The van der Waals surface area contributed by atoms with Crippen LogP contribution in [-0.4, -0.2) is 26.7 Å². The van der Waals surface area contributed by atoms with Gasteiger partial charge >= 0.3 is 0 Å². The smallest absolute Gasteiger partial charge is 0.296 e. The van der Waals surface area contributed by atoms with E-state index in [0.29, 0.717) is 0 Å². The van der Waals surface area contributed by atoms with E-state index >= 15 is 0 Å². The molecular formula is C13H19NOSi. The maximum Gasteiger partial charge on any atom is 0.296 e. The second-order valence-electron chi connectivity index (χ2n) is 4.40. The van der Waals surface area contributed by atoms with Crippen molar-refractivity contribution in [2.24, 2.45) is 0 Å². The van der Waals surface area contributed by atoms with E-state index < -0.39 is 8.48 Å². The second kappa shape index (κ2) is 4.85. The molecule has 3 heteroatoms. The molecule has 0 radical (unpaired) electrons. The molecule has 1 saturated heterocycles. The minimum Gasteiger partial charge on any atom is -0.402 e. The molecule has 2 nitrogen and oxygen atoms in total. The van der Waals surface area contributed by atoms with Crippen LogP contribution >= 0.6 is 0 Å². The first-order chi connectivity index (χ1) is 7.74. The monoisotopic (exact) mass is 233 g/mol. The summed E-state index contributed by atoms with van der Waals surface area (Å²) in [6.45, 7) is 3.43. The van der Waals surface area contributed by atoms with Crippen LogP contribution in [0.5, 0.6) is 0 Å². The van der Waals surface area contributed by atoms with E-state index in [2.05, 4.69) is 47.7 Å². The van der Waals surface area contributed by atoms with Crippen molar-refractivity contribution in [1.29, 1.82) is 0 Å². The highest BCUT2D eigenvalue weighted by Gasteiger charge is 2.38. The van der Waals surface area contributed by atoms with Gasteiger partial charge in [0.25, 0.3) is 8.48 Å². The molecule has 1 aromatic carbocycles. The minimum absolute atomic E-state index is 1.14. The molecule has 2 rings (SSSR count). The van der Waals surface area contributed by atoms with E-state index in [1.54, 1.807) is 0 Å². The summed E-state index contributed by atoms with van der Waals surface area (Å²) in [5.41, 5.74) is 1.25. The minimum atomic E-state index is -1.60. The highest BCUT2D eigenvalue weighted by molar-refractivity contribution is 6.70. The van der Waals surface area contributed by atoms with Gasteiger partial charge < -0.3 is 8.99 Å². The van der Waals surface area contributed by atoms with Crippen molar-refractivity contribution in [2.45, 2.75) is 19.0 Å². The van der Waals surface area contributed by atoms with Gasteiger partial charge in [0.2, 0.25) is 0 Å². The summed E-state index contributed by atoms with van der Waals surface area (Å²) in [7, 11) is 0.251. The van der Waals surface area contributed by atoms with Crippen LogP contribution in [0.15, 0.2) is 36.5 Å². The molecule has 86 valence electrons. The average molecular weight is 233 g/mol. The van der Waals surface area contributed by atoms with Gasteiger partial charge in [0.15, 0.2) is 0 Å². The van der Waals surface area contributed by atoms with Gasteiger partial charge in [0.1, 0.15) is 0 Å². The summed E-state index contributed by atoms with van der Waals surface area (Å²) >= 11 is 0. The normalized spacial score (nSPS) is 25.5. The quantitative estimate of drug-likeness (QED) is 0.744. The lowest BCUT2D eigenvalue weighted by molar-refractivity contribution is 0.354. The third-order valence-corrected chi connectivity index (χ3v) is 7.08. The van der Waals surface area contributed by atoms with E-state index in [1.807, 2.05) is 13.2 Å². The van der Waals surface area contributed by atoms with Crippen molar-refractivity contribution in [1.82, 2.24) is 4.57 Å². The van der Waals surface area contributed by atoms with Gasteiger partial charge in [0, 0.05) is 13.7 Å². The summed E-state index contributed by atoms with van der Waals surface area (Å²) in [5.74, 6) is 0. The van der Waals surface area contributed by atoms with Gasteiger partial charge in [-0.3, -0.25) is 0 Å². The molecule has 1 heterocycles. The van der Waals surface area contributed by atoms with Crippen LogP contribution in [-0.2, 0) is 4.43 Å². The molecule has 1 aliphatic heterocycles. The molecule has 1 atom stereocenters. The number of nitrogens with zero attached hydrogens (tertiary/aromatic N) is 1. The fourth-order valence-corrected chi connectivity index (χ4v) is 4.71. The molecule has 0 spiro atoms. The third kappa shape index (κ3) is 2.36. The molecule has 16 heavy (non-hydrogen) atoms. The predicted molar refractivity (Wildman–Crippen MR) is 70.2 cm³/mol. The SMILES string of the molecule is CO[Si]1(C)CCCN1C=Cc1ccccc1. The zero-order chi connectivity index (χ0) is 11.4. The molecule has 0 bridgehead atoms. The van der Waals surface area contributed by atoms with Crippen molar-refractivity contribution in [3.8, 4) is 0 Å². The number of hydrogen-bond acceptors (Lipinski definition) is 2. The lowest BCUT2D eigenvalue weighted by Gasteiger charge is -2.29. The number of hydrogen-bond donors (Lipinski definition) is 0. The Morgan fingerprint density at radius 2 is 2.06 bits per heavy atom. The zero-order valence-electron chi connectivity index (χ0n) is 10.0. The van der Waals surface area contributed by atoms with Gasteiger partial charge in [-0.2, -0.15) is 0 Å². The Balaban J connectivity index is 2.07. The van der Waals surface area contributed by atoms with Crippen LogP contribution in [0.3, 0.4) is 0 Å². The molecule has 0 N–H and O–H groups in total. The Bertz CT molecular complexity index is 365. The highest BCUT2D eigenvalue weighted by Crippen LogP contribution is 2.26. The van der Waals surface area contributed by atoms with Crippen molar-refractivity contribution >= 4 is 14.6 Å². The van der Waals surface area contributed by atoms with E-state index in [0.717, 1.165) is 6.54 Å². The Labute approximate surface area is 98.7 Å². The molecule has 1 aliphatic rings. The third-order valence-electron chi connectivity index (χ3n) is 3.33. The molecule has 0 aliphatic carbocycles. The van der Waals surface area contributed by atoms with E-state index in [1.165, 1.54) is 18.0 Å². The predicted octanol–water partition coefficient (Wildman–Crippen LogP) is 3.08. The lowest BCUT2D eigenvalue weighted by Crippen LogP contribution is -2.44. The van der Waals surface area contributed by atoms with Crippen molar-refractivity contribution in [2.75, 3.05) is 13.7 Å². The largest absolute Gasteiger partial charge is 0.402 e. The van der Waals surface area contributed by atoms with Gasteiger partial charge in [-0.25, -0.2) is 0 Å². The van der Waals surface area contributed by atoms with E-state index in [-0.39, 0.29) is 0 Å². The fourth-order valence-electron chi connectivity index (χ4n) is 2.15. The molecule has 0 aromatic heterocycles. The molecule has 1 fully saturated rings. The van der Waals surface area contributed by atoms with Crippen LogP contribution in [0.4, 0.5) is 0 Å². The summed E-state index contributed by atoms with van der Waals surface area (Å²) in [4.78, 5) is 0. The van der Waals surface area contributed by atoms with E-state index in [9.17, 15) is 0 Å². The maximum absolute atomic E-state index is 5.71. The Morgan fingerprint density at radius 3 is 2.75 bits per heavy atom. The van der Waals surface area contributed by atoms with Gasteiger partial charge in [0.05, 0.1) is 0 Å². The average Bonchev–Trinajstić information content (AvgIpc) is 2.70. The first kappa shape index (κ1) is 11.4. The van der Waals surface area contributed by atoms with E-state index in [4.69, 9.17) is 4.43 Å². The molecule has 1 unspecified atom stereocenters. The van der Waals surface area contributed by atoms with Gasteiger partial charge in [-0.1, -0.05) is 30.3 Å². The first-order valence-electron chi connectivity index (χ1n) is 5.80. The summed E-state index contributed by atoms with van der Waals surface area (Å²) in [6, 6.07) is 11.7. The van der Waals surface area contributed by atoms with Crippen molar-refractivity contribution < 1.29 is 4.43 Å². The second-order valence-corrected chi connectivity index (χ2v) is 8.24. The van der Waals surface area contributed by atoms with Crippen LogP contribution in [0.25, 0.3) is 6.08 Å². The molecule has 0 saturated carbocycles.